The zero-order valence-electron chi connectivity index (χ0n) is 66.3. The monoisotopic (exact) mass is 1610 g/mol. The van der Waals surface area contributed by atoms with E-state index in [1.807, 2.05) is 0 Å². The van der Waals surface area contributed by atoms with Crippen LogP contribution in [0.1, 0.15) is 0 Å². The van der Waals surface area contributed by atoms with Gasteiger partial charge in [0.1, 0.15) is 0 Å². The topological polar surface area (TPSA) is 70.2 Å². The third kappa shape index (κ3) is 9.77. The Kier molecular flexibility index (Phi) is 14.1. The van der Waals surface area contributed by atoms with Crippen LogP contribution in [0.2, 0.25) is 0 Å². The van der Waals surface area contributed by atoms with Gasteiger partial charge in [-0.2, -0.15) is 0 Å². The van der Waals surface area contributed by atoms with Gasteiger partial charge in [-0.25, -0.2) is 19.9 Å². The van der Waals surface area contributed by atoms with E-state index < -0.39 is 0 Å². The summed E-state index contributed by atoms with van der Waals surface area (Å²) >= 11 is 3.54. The maximum Gasteiger partial charge on any atom is 0.162 e. The molecular formula is C114H64N8S2. The molecule has 10 heteroatoms. The van der Waals surface area contributed by atoms with Gasteiger partial charge in [0.25, 0.3) is 0 Å². The predicted octanol–water partition coefficient (Wildman–Crippen LogP) is 31.0. The van der Waals surface area contributed by atoms with Crippen LogP contribution in [0.4, 0.5) is 0 Å². The third-order valence-electron chi connectivity index (χ3n) is 26.5. The first kappa shape index (κ1) is 67.9. The molecule has 10 heterocycles. The van der Waals surface area contributed by atoms with Crippen LogP contribution < -0.4 is 0 Å². The number of fused-ring (bicyclic) bond motifs is 27. The summed E-state index contributed by atoms with van der Waals surface area (Å²) in [7, 11) is 0. The molecule has 0 aliphatic carbocycles. The maximum atomic E-state index is 5.82. The van der Waals surface area contributed by atoms with Gasteiger partial charge in [-0.05, 0) is 156 Å². The summed E-state index contributed by atoms with van der Waals surface area (Å²) in [6.07, 6.45) is 0. The van der Waals surface area contributed by atoms with E-state index in [4.69, 9.17) is 19.9 Å². The van der Waals surface area contributed by atoms with Crippen LogP contribution in [0.5, 0.6) is 0 Å². The third-order valence-corrected chi connectivity index (χ3v) is 28.8. The molecule has 0 saturated carbocycles. The summed E-state index contributed by atoms with van der Waals surface area (Å²) in [4.78, 5) is 22.7. The number of hydrogen-bond acceptors (Lipinski definition) is 6. The van der Waals surface area contributed by atoms with E-state index in [0.717, 1.165) is 120 Å². The number of nitrogens with zero attached hydrogens (tertiary/aromatic N) is 8. The summed E-state index contributed by atoms with van der Waals surface area (Å²) in [6.45, 7) is 0. The number of para-hydroxylation sites is 2. The molecule has 10 aromatic heterocycles. The Morgan fingerprint density at radius 3 is 0.992 bits per heavy atom. The average Bonchev–Trinajstić information content (AvgIpc) is 1.51. The molecule has 28 rings (SSSR count). The number of rotatable bonds is 10. The first-order valence-electron chi connectivity index (χ1n) is 42.2. The van der Waals surface area contributed by atoms with Gasteiger partial charge in [0, 0.05) is 95.9 Å². The van der Waals surface area contributed by atoms with E-state index in [-0.39, 0.29) is 0 Å². The molecule has 0 amide bonds. The standard InChI is InChI=1S/C114H64N8S2/c1-4-20-65(21-5-1)76-52-56-93-89(59-76)101-97(63-87-81-54-50-78(66-22-6-2-7-23-66)61-95(81)119-91-32-16-12-28-83(91)103(101)107(87)119)121(93)113-109-105(85-30-14-18-34-99(85)123-109)115-111(117-113)74-47-44-72(45-48-74)70-38-36-69(37-39-70)71-40-42-73(43-41-71)77-53-57-94-90(60-77)102-98(64-88-82-55-51-79(67-24-8-3-9-25-67)62-96(82)120-92-33-17-13-29-84(92)104(102)108(88)120)122(94)114-110-106(86-31-15-19-35-100(86)124-110)116-112(118-114)80-49-46-68-26-10-11-27-75(68)58-80/h1-64H. The highest BCUT2D eigenvalue weighted by Gasteiger charge is 2.31. The molecule has 0 aliphatic rings. The minimum Gasteiger partial charge on any atom is -0.308 e. The summed E-state index contributed by atoms with van der Waals surface area (Å²) < 4.78 is 14.4. The van der Waals surface area contributed by atoms with E-state index in [9.17, 15) is 0 Å². The Hall–Kier alpha value is -16.0. The zero-order valence-corrected chi connectivity index (χ0v) is 68.0. The van der Waals surface area contributed by atoms with Crippen LogP contribution in [-0.4, -0.2) is 37.9 Å². The molecule has 0 bridgehead atoms. The minimum atomic E-state index is 0.673. The fourth-order valence-corrected chi connectivity index (χ4v) is 23.0. The van der Waals surface area contributed by atoms with E-state index in [2.05, 4.69) is 406 Å². The Bertz CT molecular complexity index is 9400. The van der Waals surface area contributed by atoms with E-state index in [1.54, 1.807) is 22.7 Å². The Balaban J connectivity index is 0.560. The van der Waals surface area contributed by atoms with Gasteiger partial charge in [-0.1, -0.05) is 309 Å². The largest absolute Gasteiger partial charge is 0.308 e. The van der Waals surface area contributed by atoms with Crippen LogP contribution >= 0.6 is 22.7 Å². The van der Waals surface area contributed by atoms with Crippen molar-refractivity contribution in [3.05, 3.63) is 388 Å². The average molecular weight is 1610 g/mol. The van der Waals surface area contributed by atoms with Gasteiger partial charge in [0.15, 0.2) is 23.3 Å². The molecule has 124 heavy (non-hydrogen) atoms. The van der Waals surface area contributed by atoms with Gasteiger partial charge in [0.05, 0.1) is 75.6 Å². The molecule has 0 radical (unpaired) electrons. The van der Waals surface area contributed by atoms with Crippen molar-refractivity contribution < 1.29 is 0 Å². The van der Waals surface area contributed by atoms with E-state index >= 15 is 0 Å². The Labute approximate surface area is 715 Å². The number of hydrogen-bond donors (Lipinski definition) is 0. The fourth-order valence-electron chi connectivity index (χ4n) is 20.8. The van der Waals surface area contributed by atoms with Crippen molar-refractivity contribution in [2.45, 2.75) is 0 Å². The van der Waals surface area contributed by atoms with E-state index in [1.165, 1.54) is 141 Å². The highest BCUT2D eigenvalue weighted by atomic mass is 32.1. The molecule has 0 saturated heterocycles. The maximum absolute atomic E-state index is 5.82. The van der Waals surface area contributed by atoms with Crippen LogP contribution in [0.15, 0.2) is 388 Å². The van der Waals surface area contributed by atoms with Crippen molar-refractivity contribution in [1.29, 1.82) is 0 Å². The number of thiophene rings is 2. The molecule has 28 aromatic rings. The lowest BCUT2D eigenvalue weighted by atomic mass is 9.96. The number of aromatic nitrogens is 8. The highest BCUT2D eigenvalue weighted by molar-refractivity contribution is 7.26. The molecular weight excluding hydrogens is 1550 g/mol. The molecule has 0 unspecified atom stereocenters. The summed E-state index contributed by atoms with van der Waals surface area (Å²) in [5, 5.41) is 19.1. The second-order valence-electron chi connectivity index (χ2n) is 33.1. The Morgan fingerprint density at radius 1 is 0.185 bits per heavy atom. The fraction of sp³-hybridized carbons (Fsp3) is 0. The first-order chi connectivity index (χ1) is 61.5. The van der Waals surface area contributed by atoms with Crippen LogP contribution in [0.25, 0.3) is 272 Å². The Morgan fingerprint density at radius 2 is 0.532 bits per heavy atom. The van der Waals surface area contributed by atoms with Crippen molar-refractivity contribution in [2.75, 3.05) is 0 Å². The van der Waals surface area contributed by atoms with Crippen LogP contribution in [0.3, 0.4) is 0 Å². The molecule has 572 valence electrons. The number of benzene rings is 18. The van der Waals surface area contributed by atoms with Crippen LogP contribution in [0, 0.1) is 0 Å². The minimum absolute atomic E-state index is 0.673. The lowest BCUT2D eigenvalue weighted by Gasteiger charge is -2.12. The van der Waals surface area contributed by atoms with Crippen molar-refractivity contribution in [3.63, 3.8) is 0 Å². The molecule has 0 N–H and O–H groups in total. The van der Waals surface area contributed by atoms with Gasteiger partial charge in [0.2, 0.25) is 0 Å². The first-order valence-corrected chi connectivity index (χ1v) is 43.8. The second-order valence-corrected chi connectivity index (χ2v) is 35.2. The predicted molar refractivity (Wildman–Crippen MR) is 522 cm³/mol. The quantitative estimate of drug-likeness (QED) is 0.137. The van der Waals surface area contributed by atoms with Gasteiger partial charge in [-0.15, -0.1) is 22.7 Å². The zero-order chi connectivity index (χ0) is 80.7. The van der Waals surface area contributed by atoms with Gasteiger partial charge < -0.3 is 8.80 Å². The summed E-state index contributed by atoms with van der Waals surface area (Å²) in [6, 6.07) is 143. The van der Waals surface area contributed by atoms with E-state index in [0.29, 0.717) is 11.6 Å². The summed E-state index contributed by atoms with van der Waals surface area (Å²) in [5.41, 5.74) is 29.3. The SMILES string of the molecule is c1ccc(-c2ccc3c(c2)c2c4c5ccccc5n5c6cc(-c7ccccc7)ccc6c(cc2n3-c2nc(-c3ccc(-c6ccc(-c7ccc(-c8ccc9c(c8)c8c%10c%11ccccc%11n%11c%12cc(-c%13ccccc%13)ccc%12c(cc8n9-c8nc(-c9ccc%12ccccc%12c9)nc9c8sc8ccccc89)c%10%11)cc7)cc6)cc3)nc3c2sc2ccccc23)c45)cc1. The second kappa shape index (κ2) is 25.8. The highest BCUT2D eigenvalue weighted by Crippen LogP contribution is 2.53. The molecule has 8 nitrogen and oxygen atoms in total. The molecule has 0 atom stereocenters. The smallest absolute Gasteiger partial charge is 0.162 e. The van der Waals surface area contributed by atoms with Crippen molar-refractivity contribution in [2.24, 2.45) is 0 Å². The molecule has 0 spiro atoms. The van der Waals surface area contributed by atoms with Gasteiger partial charge >= 0.3 is 0 Å². The van der Waals surface area contributed by atoms with Crippen molar-refractivity contribution >= 4 is 194 Å². The van der Waals surface area contributed by atoms with Crippen LogP contribution in [-0.2, 0) is 0 Å². The molecule has 0 aliphatic heterocycles. The summed E-state index contributed by atoms with van der Waals surface area (Å²) in [5.74, 6) is 3.10. The normalized spacial score (nSPS) is 12.4. The van der Waals surface area contributed by atoms with Gasteiger partial charge in [-0.3, -0.25) is 9.13 Å². The van der Waals surface area contributed by atoms with Crippen molar-refractivity contribution in [3.8, 4) is 101 Å². The lowest BCUT2D eigenvalue weighted by Crippen LogP contribution is -2.01. The molecule has 0 fully saturated rings. The van der Waals surface area contributed by atoms with Crippen molar-refractivity contribution in [1.82, 2.24) is 37.9 Å². The molecule has 18 aromatic carbocycles. The lowest BCUT2D eigenvalue weighted by molar-refractivity contribution is 1.08.